The summed E-state index contributed by atoms with van der Waals surface area (Å²) >= 11 is 1.62. The Morgan fingerprint density at radius 3 is 2.86 bits per heavy atom. The van der Waals surface area contributed by atoms with Crippen molar-refractivity contribution in [2.75, 3.05) is 32.1 Å². The molecule has 2 heterocycles. The van der Waals surface area contributed by atoms with Gasteiger partial charge in [-0.15, -0.1) is 0 Å². The number of fused-ring (bicyclic) bond motifs is 1. The van der Waals surface area contributed by atoms with Gasteiger partial charge in [0.2, 0.25) is 0 Å². The second-order valence-electron chi connectivity index (χ2n) is 7.46. The van der Waals surface area contributed by atoms with Gasteiger partial charge in [0, 0.05) is 25.6 Å². The minimum Gasteiger partial charge on any atom is -0.344 e. The van der Waals surface area contributed by atoms with E-state index >= 15 is 0 Å². The molecule has 0 saturated carbocycles. The zero-order valence-electron chi connectivity index (χ0n) is 13.5. The molecule has 3 rings (SSSR count). The number of thiazole rings is 1. The van der Waals surface area contributed by atoms with E-state index < -0.39 is 0 Å². The van der Waals surface area contributed by atoms with Crippen LogP contribution in [0.1, 0.15) is 48.5 Å². The number of ketones is 1. The van der Waals surface area contributed by atoms with Crippen LogP contribution in [-0.4, -0.2) is 48.9 Å². The van der Waals surface area contributed by atoms with E-state index in [1.54, 1.807) is 11.3 Å². The minimum absolute atomic E-state index is 0.0590. The predicted molar refractivity (Wildman–Crippen MR) is 87.5 cm³/mol. The van der Waals surface area contributed by atoms with Gasteiger partial charge in [0.1, 0.15) is 0 Å². The van der Waals surface area contributed by atoms with E-state index in [0.29, 0.717) is 12.5 Å². The number of hydrogen-bond donors (Lipinski definition) is 0. The molecule has 1 unspecified atom stereocenters. The fourth-order valence-electron chi connectivity index (χ4n) is 3.53. The van der Waals surface area contributed by atoms with Gasteiger partial charge in [0.25, 0.3) is 0 Å². The maximum Gasteiger partial charge on any atom is 0.186 e. The molecule has 2 aliphatic rings. The largest absolute Gasteiger partial charge is 0.344 e. The summed E-state index contributed by atoms with van der Waals surface area (Å²) in [7, 11) is 4.24. The number of anilines is 1. The van der Waals surface area contributed by atoms with Crippen LogP contribution in [-0.2, 0) is 6.42 Å². The summed E-state index contributed by atoms with van der Waals surface area (Å²) in [6.07, 6.45) is 4.03. The topological polar surface area (TPSA) is 36.4 Å². The van der Waals surface area contributed by atoms with Gasteiger partial charge < -0.3 is 9.80 Å². The third-order valence-electron chi connectivity index (χ3n) is 4.42. The molecule has 0 bridgehead atoms. The first kappa shape index (κ1) is 15.0. The molecule has 5 heteroatoms. The Labute approximate surface area is 131 Å². The van der Waals surface area contributed by atoms with E-state index in [1.807, 2.05) is 0 Å². The molecule has 0 spiro atoms. The summed E-state index contributed by atoms with van der Waals surface area (Å²) in [6.45, 7) is 6.46. The van der Waals surface area contributed by atoms with Crippen molar-refractivity contribution in [3.05, 3.63) is 10.6 Å². The van der Waals surface area contributed by atoms with Crippen LogP contribution in [0.3, 0.4) is 0 Å². The van der Waals surface area contributed by atoms with E-state index in [-0.39, 0.29) is 11.2 Å². The molecule has 1 aromatic heterocycles. The zero-order chi connectivity index (χ0) is 15.2. The molecule has 0 N–H and O–H groups in total. The maximum atomic E-state index is 12.3. The fraction of sp³-hybridized carbons (Fsp3) is 0.750. The highest BCUT2D eigenvalue weighted by atomic mass is 32.1. The summed E-state index contributed by atoms with van der Waals surface area (Å²) in [5.41, 5.74) is 1.09. The Bertz CT molecular complexity index is 550. The summed E-state index contributed by atoms with van der Waals surface area (Å²) in [6, 6.07) is 0.538. The van der Waals surface area contributed by atoms with Gasteiger partial charge in [-0.1, -0.05) is 25.2 Å². The van der Waals surface area contributed by atoms with Crippen molar-refractivity contribution in [3.8, 4) is 0 Å². The monoisotopic (exact) mass is 307 g/mol. The highest BCUT2D eigenvalue weighted by Gasteiger charge is 2.36. The van der Waals surface area contributed by atoms with Gasteiger partial charge in [-0.2, -0.15) is 0 Å². The number of rotatable bonds is 3. The zero-order valence-corrected chi connectivity index (χ0v) is 14.3. The molecular formula is C16H25N3OS. The lowest BCUT2D eigenvalue weighted by Gasteiger charge is -2.27. The molecule has 1 aromatic rings. The smallest absolute Gasteiger partial charge is 0.186 e. The molecule has 1 saturated heterocycles. The first-order chi connectivity index (χ1) is 9.85. The molecular weight excluding hydrogens is 282 g/mol. The first-order valence-electron chi connectivity index (χ1n) is 7.80. The van der Waals surface area contributed by atoms with Crippen molar-refractivity contribution in [3.63, 3.8) is 0 Å². The van der Waals surface area contributed by atoms with E-state index in [1.165, 1.54) is 12.8 Å². The summed E-state index contributed by atoms with van der Waals surface area (Å²) in [5.74, 6) is 0.286. The number of carbonyl (C=O) groups is 1. The van der Waals surface area contributed by atoms with E-state index in [2.05, 4.69) is 37.7 Å². The van der Waals surface area contributed by atoms with Crippen LogP contribution in [0.15, 0.2) is 0 Å². The predicted octanol–water partition coefficient (Wildman–Crippen LogP) is 2.83. The number of hydrogen-bond acceptors (Lipinski definition) is 5. The highest BCUT2D eigenvalue weighted by molar-refractivity contribution is 7.17. The molecule has 1 aliphatic carbocycles. The third-order valence-corrected chi connectivity index (χ3v) is 5.60. The first-order valence-corrected chi connectivity index (χ1v) is 8.62. The summed E-state index contributed by atoms with van der Waals surface area (Å²) in [4.78, 5) is 22.8. The van der Waals surface area contributed by atoms with E-state index in [4.69, 9.17) is 4.98 Å². The minimum atomic E-state index is 0.0590. The number of carbonyl (C=O) groups excluding carboxylic acids is 1. The van der Waals surface area contributed by atoms with Gasteiger partial charge >= 0.3 is 0 Å². The van der Waals surface area contributed by atoms with Crippen LogP contribution in [0.2, 0.25) is 0 Å². The molecule has 1 atom stereocenters. The van der Waals surface area contributed by atoms with Gasteiger partial charge in [-0.05, 0) is 38.8 Å². The van der Waals surface area contributed by atoms with Crippen LogP contribution < -0.4 is 4.90 Å². The maximum absolute atomic E-state index is 12.3. The SMILES string of the molecule is CN(C)CC1CCCN1c1nc2c(s1)C(=O)CC(C)(C)C2. The van der Waals surface area contributed by atoms with Crippen molar-refractivity contribution >= 4 is 22.3 Å². The van der Waals surface area contributed by atoms with Crippen LogP contribution in [0.25, 0.3) is 0 Å². The van der Waals surface area contributed by atoms with Crippen molar-refractivity contribution in [2.45, 2.75) is 45.6 Å². The fourth-order valence-corrected chi connectivity index (χ4v) is 4.65. The van der Waals surface area contributed by atoms with Crippen LogP contribution >= 0.6 is 11.3 Å². The quantitative estimate of drug-likeness (QED) is 0.860. The Kier molecular flexibility index (Phi) is 3.82. The second-order valence-corrected chi connectivity index (χ2v) is 8.44. The molecule has 1 fully saturated rings. The Balaban J connectivity index is 1.86. The lowest BCUT2D eigenvalue weighted by Crippen LogP contribution is -2.37. The van der Waals surface area contributed by atoms with E-state index in [9.17, 15) is 4.79 Å². The van der Waals surface area contributed by atoms with Crippen molar-refractivity contribution < 1.29 is 4.79 Å². The van der Waals surface area contributed by atoms with Crippen LogP contribution in [0.4, 0.5) is 5.13 Å². The Hall–Kier alpha value is -0.940. The number of Topliss-reactive ketones (excluding diaryl/α,β-unsaturated/α-hetero) is 1. The lowest BCUT2D eigenvalue weighted by molar-refractivity contribution is 0.0916. The van der Waals surface area contributed by atoms with Crippen molar-refractivity contribution in [1.29, 1.82) is 0 Å². The normalized spacial score (nSPS) is 24.7. The second kappa shape index (κ2) is 5.36. The average molecular weight is 307 g/mol. The summed E-state index contributed by atoms with van der Waals surface area (Å²) in [5, 5.41) is 1.07. The molecule has 1 aliphatic heterocycles. The highest BCUT2D eigenvalue weighted by Crippen LogP contribution is 2.40. The van der Waals surface area contributed by atoms with Crippen LogP contribution in [0.5, 0.6) is 0 Å². The van der Waals surface area contributed by atoms with Gasteiger partial charge in [0.05, 0.1) is 10.6 Å². The van der Waals surface area contributed by atoms with Crippen molar-refractivity contribution in [2.24, 2.45) is 5.41 Å². The molecule has 0 radical (unpaired) electrons. The molecule has 21 heavy (non-hydrogen) atoms. The van der Waals surface area contributed by atoms with Gasteiger partial charge in [0.15, 0.2) is 10.9 Å². The third kappa shape index (κ3) is 2.99. The standard InChI is InChI=1S/C16H25N3OS/c1-16(2)8-12-14(13(20)9-16)21-15(17-12)19-7-5-6-11(19)10-18(3)4/h11H,5-10H2,1-4H3. The molecule has 0 aromatic carbocycles. The number of likely N-dealkylation sites (N-methyl/N-ethyl adjacent to an activating group) is 1. The summed E-state index contributed by atoms with van der Waals surface area (Å²) < 4.78 is 0. The van der Waals surface area contributed by atoms with Gasteiger partial charge in [-0.3, -0.25) is 4.79 Å². The lowest BCUT2D eigenvalue weighted by atomic mass is 9.78. The number of nitrogens with zero attached hydrogens (tertiary/aromatic N) is 3. The molecule has 0 amide bonds. The Morgan fingerprint density at radius 1 is 1.38 bits per heavy atom. The molecule has 116 valence electrons. The number of aromatic nitrogens is 1. The van der Waals surface area contributed by atoms with Gasteiger partial charge in [-0.25, -0.2) is 4.98 Å². The molecule has 4 nitrogen and oxygen atoms in total. The Morgan fingerprint density at radius 2 is 2.14 bits per heavy atom. The van der Waals surface area contributed by atoms with Crippen molar-refractivity contribution in [1.82, 2.24) is 9.88 Å². The van der Waals surface area contributed by atoms with Crippen LogP contribution in [0, 0.1) is 5.41 Å². The average Bonchev–Trinajstić information content (AvgIpc) is 2.92. The van der Waals surface area contributed by atoms with E-state index in [0.717, 1.165) is 35.2 Å².